The number of nitrogens with zero attached hydrogens (tertiary/aromatic N) is 1. The van der Waals surface area contributed by atoms with Crippen molar-refractivity contribution >= 4 is 5.97 Å². The monoisotopic (exact) mass is 277 g/mol. The number of benzene rings is 1. The molecule has 0 bridgehead atoms. The molecular weight excluding hydrogens is 254 g/mol. The third-order valence-electron chi connectivity index (χ3n) is 3.72. The molecule has 0 unspecified atom stereocenters. The van der Waals surface area contributed by atoms with Gasteiger partial charge in [0.15, 0.2) is 0 Å². The maximum absolute atomic E-state index is 10.6. The second-order valence-electron chi connectivity index (χ2n) is 5.32. The summed E-state index contributed by atoms with van der Waals surface area (Å²) in [6.45, 7) is 5.93. The molecule has 1 aromatic carbocycles. The van der Waals surface area contributed by atoms with E-state index in [1.54, 1.807) is 0 Å². The lowest BCUT2D eigenvalue weighted by Crippen LogP contribution is -2.36. The first kappa shape index (κ1) is 15.0. The highest BCUT2D eigenvalue weighted by Crippen LogP contribution is 2.16. The minimum absolute atomic E-state index is 0.0973. The Morgan fingerprint density at radius 3 is 2.40 bits per heavy atom. The van der Waals surface area contributed by atoms with Crippen LogP contribution in [0.25, 0.3) is 0 Å². The van der Waals surface area contributed by atoms with Crippen molar-refractivity contribution < 1.29 is 14.6 Å². The molecule has 1 fully saturated rings. The summed E-state index contributed by atoms with van der Waals surface area (Å²) in [4.78, 5) is 13.1. The molecule has 1 saturated heterocycles. The van der Waals surface area contributed by atoms with Crippen molar-refractivity contribution in [3.8, 4) is 0 Å². The predicted octanol–water partition coefficient (Wildman–Crippen LogP) is 2.31. The molecule has 1 aliphatic rings. The van der Waals surface area contributed by atoms with E-state index in [4.69, 9.17) is 9.84 Å². The van der Waals surface area contributed by atoms with Crippen LogP contribution in [0.2, 0.25) is 0 Å². The summed E-state index contributed by atoms with van der Waals surface area (Å²) in [5, 5.41) is 8.75. The molecule has 4 heteroatoms. The molecule has 20 heavy (non-hydrogen) atoms. The Labute approximate surface area is 120 Å². The fourth-order valence-corrected chi connectivity index (χ4v) is 2.67. The minimum atomic E-state index is -0.782. The van der Waals surface area contributed by atoms with Crippen LogP contribution < -0.4 is 0 Å². The maximum atomic E-state index is 10.6. The molecule has 4 nitrogen and oxygen atoms in total. The van der Waals surface area contributed by atoms with E-state index in [-0.39, 0.29) is 6.42 Å². The number of aliphatic carboxylic acids is 1. The number of ether oxygens (including phenoxy) is 1. The summed E-state index contributed by atoms with van der Waals surface area (Å²) in [5.74, 6) is -0.782. The molecule has 0 radical (unpaired) electrons. The van der Waals surface area contributed by atoms with E-state index in [1.807, 2.05) is 31.2 Å². The van der Waals surface area contributed by atoms with E-state index in [0.29, 0.717) is 6.10 Å². The second kappa shape index (κ2) is 7.41. The Balaban J connectivity index is 1.80. The van der Waals surface area contributed by atoms with Crippen LogP contribution in [0.3, 0.4) is 0 Å². The first-order valence-corrected chi connectivity index (χ1v) is 7.31. The van der Waals surface area contributed by atoms with Crippen LogP contribution in [0.5, 0.6) is 0 Å². The molecule has 1 aliphatic heterocycles. The zero-order chi connectivity index (χ0) is 14.4. The zero-order valence-corrected chi connectivity index (χ0v) is 12.0. The lowest BCUT2D eigenvalue weighted by Gasteiger charge is -2.31. The van der Waals surface area contributed by atoms with Crippen LogP contribution in [-0.4, -0.2) is 41.8 Å². The molecule has 1 heterocycles. The fourth-order valence-electron chi connectivity index (χ4n) is 2.67. The van der Waals surface area contributed by atoms with E-state index in [0.717, 1.165) is 44.6 Å². The molecule has 0 aromatic heterocycles. The van der Waals surface area contributed by atoms with Gasteiger partial charge >= 0.3 is 5.97 Å². The largest absolute Gasteiger partial charge is 0.481 e. The van der Waals surface area contributed by atoms with Crippen LogP contribution in [0.4, 0.5) is 0 Å². The van der Waals surface area contributed by atoms with Crippen LogP contribution in [-0.2, 0) is 22.5 Å². The summed E-state index contributed by atoms with van der Waals surface area (Å²) < 4.78 is 5.65. The third kappa shape index (κ3) is 4.62. The van der Waals surface area contributed by atoms with Crippen LogP contribution in [0, 0.1) is 0 Å². The van der Waals surface area contributed by atoms with Gasteiger partial charge in [0.05, 0.1) is 12.5 Å². The number of rotatable bonds is 6. The van der Waals surface area contributed by atoms with Crippen molar-refractivity contribution in [3.05, 3.63) is 35.4 Å². The summed E-state index contributed by atoms with van der Waals surface area (Å²) in [7, 11) is 0. The molecule has 0 spiro atoms. The van der Waals surface area contributed by atoms with Crippen molar-refractivity contribution in [2.45, 2.75) is 38.8 Å². The average molecular weight is 277 g/mol. The van der Waals surface area contributed by atoms with Gasteiger partial charge in [-0.05, 0) is 30.9 Å². The first-order chi connectivity index (χ1) is 9.67. The van der Waals surface area contributed by atoms with Gasteiger partial charge in [0, 0.05) is 26.2 Å². The van der Waals surface area contributed by atoms with E-state index in [2.05, 4.69) is 4.90 Å². The summed E-state index contributed by atoms with van der Waals surface area (Å²) >= 11 is 0. The van der Waals surface area contributed by atoms with Gasteiger partial charge in [0.2, 0.25) is 0 Å². The summed E-state index contributed by atoms with van der Waals surface area (Å²) in [5.41, 5.74) is 2.10. The van der Waals surface area contributed by atoms with Crippen molar-refractivity contribution in [1.29, 1.82) is 0 Å². The standard InChI is InChI=1S/C16H23NO3/c1-2-20-15-7-9-17(10-8-15)12-14-5-3-13(4-6-14)11-16(18)19/h3-6,15H,2,7-12H2,1H3,(H,18,19). The highest BCUT2D eigenvalue weighted by molar-refractivity contribution is 5.70. The fraction of sp³-hybridized carbons (Fsp3) is 0.562. The minimum Gasteiger partial charge on any atom is -0.481 e. The number of carboxylic acid groups (broad SMARTS) is 1. The lowest BCUT2D eigenvalue weighted by molar-refractivity contribution is -0.136. The smallest absolute Gasteiger partial charge is 0.307 e. The quantitative estimate of drug-likeness (QED) is 0.867. The van der Waals surface area contributed by atoms with E-state index >= 15 is 0 Å². The van der Waals surface area contributed by atoms with E-state index < -0.39 is 5.97 Å². The molecule has 1 N–H and O–H groups in total. The summed E-state index contributed by atoms with van der Waals surface area (Å²) in [6.07, 6.45) is 2.73. The highest BCUT2D eigenvalue weighted by Gasteiger charge is 2.19. The Morgan fingerprint density at radius 1 is 1.25 bits per heavy atom. The van der Waals surface area contributed by atoms with Crippen LogP contribution >= 0.6 is 0 Å². The zero-order valence-electron chi connectivity index (χ0n) is 12.0. The van der Waals surface area contributed by atoms with Gasteiger partial charge < -0.3 is 9.84 Å². The molecule has 0 atom stereocenters. The van der Waals surface area contributed by atoms with Gasteiger partial charge in [0.1, 0.15) is 0 Å². The van der Waals surface area contributed by atoms with E-state index in [9.17, 15) is 4.79 Å². The van der Waals surface area contributed by atoms with Crippen molar-refractivity contribution in [1.82, 2.24) is 4.90 Å². The van der Waals surface area contributed by atoms with Crippen molar-refractivity contribution in [3.63, 3.8) is 0 Å². The Morgan fingerprint density at radius 2 is 1.85 bits per heavy atom. The van der Waals surface area contributed by atoms with Gasteiger partial charge in [-0.2, -0.15) is 0 Å². The number of piperidine rings is 1. The van der Waals surface area contributed by atoms with Gasteiger partial charge in [-0.25, -0.2) is 0 Å². The summed E-state index contributed by atoms with van der Waals surface area (Å²) in [6, 6.07) is 7.90. The van der Waals surface area contributed by atoms with Gasteiger partial charge in [-0.3, -0.25) is 9.69 Å². The molecular formula is C16H23NO3. The van der Waals surface area contributed by atoms with Crippen LogP contribution in [0.1, 0.15) is 30.9 Å². The third-order valence-corrected chi connectivity index (χ3v) is 3.72. The average Bonchev–Trinajstić information content (AvgIpc) is 2.43. The molecule has 1 aromatic rings. The first-order valence-electron chi connectivity index (χ1n) is 7.31. The molecule has 2 rings (SSSR count). The molecule has 0 saturated carbocycles. The van der Waals surface area contributed by atoms with E-state index in [1.165, 1.54) is 5.56 Å². The topological polar surface area (TPSA) is 49.8 Å². The number of carboxylic acids is 1. The maximum Gasteiger partial charge on any atom is 0.307 e. The normalized spacial score (nSPS) is 17.2. The number of hydrogen-bond donors (Lipinski definition) is 1. The molecule has 110 valence electrons. The number of hydrogen-bond acceptors (Lipinski definition) is 3. The number of likely N-dealkylation sites (tertiary alicyclic amines) is 1. The Bertz CT molecular complexity index is 422. The Kier molecular flexibility index (Phi) is 5.56. The lowest BCUT2D eigenvalue weighted by atomic mass is 10.1. The van der Waals surface area contributed by atoms with Crippen molar-refractivity contribution in [2.24, 2.45) is 0 Å². The predicted molar refractivity (Wildman–Crippen MR) is 77.7 cm³/mol. The molecule has 0 aliphatic carbocycles. The molecule has 0 amide bonds. The highest BCUT2D eigenvalue weighted by atomic mass is 16.5. The van der Waals surface area contributed by atoms with Crippen LogP contribution in [0.15, 0.2) is 24.3 Å². The SMILES string of the molecule is CCOC1CCN(Cc2ccc(CC(=O)O)cc2)CC1. The number of carbonyl (C=O) groups is 1. The van der Waals surface area contributed by atoms with Gasteiger partial charge in [-0.1, -0.05) is 24.3 Å². The van der Waals surface area contributed by atoms with Gasteiger partial charge in [0.25, 0.3) is 0 Å². The second-order valence-corrected chi connectivity index (χ2v) is 5.32. The van der Waals surface area contributed by atoms with Crippen molar-refractivity contribution in [2.75, 3.05) is 19.7 Å². The Hall–Kier alpha value is -1.39. The van der Waals surface area contributed by atoms with Gasteiger partial charge in [-0.15, -0.1) is 0 Å².